The zero-order chi connectivity index (χ0) is 30.6. The van der Waals surface area contributed by atoms with E-state index >= 15 is 0 Å². The summed E-state index contributed by atoms with van der Waals surface area (Å²) in [6, 6.07) is 0. The van der Waals surface area contributed by atoms with Gasteiger partial charge in [-0.1, -0.05) is 48.5 Å². The Morgan fingerprint density at radius 2 is 1.61 bits per heavy atom. The number of rotatable bonds is 5. The Balaban J connectivity index is 1.43. The van der Waals surface area contributed by atoms with Crippen LogP contribution in [0, 0.1) is 50.7 Å². The number of nitrogens with two attached hydrogens (primary N) is 1. The van der Waals surface area contributed by atoms with E-state index < -0.39 is 22.9 Å². The van der Waals surface area contributed by atoms with Gasteiger partial charge in [0.05, 0.1) is 11.8 Å². The lowest BCUT2D eigenvalue weighted by atomic mass is 9.33. The molecule has 3 N–H and O–H groups in total. The predicted molar refractivity (Wildman–Crippen MR) is 160 cm³/mol. The molecule has 8 atom stereocenters. The van der Waals surface area contributed by atoms with Crippen LogP contribution in [0.5, 0.6) is 0 Å². The van der Waals surface area contributed by atoms with Gasteiger partial charge in [0, 0.05) is 17.4 Å². The van der Waals surface area contributed by atoms with Gasteiger partial charge in [-0.2, -0.15) is 0 Å². The monoisotopic (exact) mass is 569 g/mol. The van der Waals surface area contributed by atoms with Crippen LogP contribution in [0.2, 0.25) is 0 Å². The van der Waals surface area contributed by atoms with Crippen LogP contribution in [0.1, 0.15) is 127 Å². The molecule has 41 heavy (non-hydrogen) atoms. The zero-order valence-electron chi connectivity index (χ0n) is 27.1. The van der Waals surface area contributed by atoms with Crippen molar-refractivity contribution >= 4 is 17.7 Å². The molecule has 230 valence electrons. The van der Waals surface area contributed by atoms with Gasteiger partial charge in [-0.25, -0.2) is 0 Å². The summed E-state index contributed by atoms with van der Waals surface area (Å²) in [5.41, 5.74) is 8.04. The summed E-state index contributed by atoms with van der Waals surface area (Å²) in [5.74, 6) is 0.462. The molecule has 0 heterocycles. The van der Waals surface area contributed by atoms with Crippen LogP contribution in [-0.2, 0) is 19.1 Å². The third-order valence-electron chi connectivity index (χ3n) is 13.9. The van der Waals surface area contributed by atoms with Crippen molar-refractivity contribution in [1.29, 1.82) is 0 Å². The zero-order valence-corrected chi connectivity index (χ0v) is 27.1. The molecule has 0 amide bonds. The molecule has 0 radical (unpaired) electrons. The van der Waals surface area contributed by atoms with Crippen molar-refractivity contribution in [2.24, 2.45) is 56.5 Å². The lowest BCUT2D eigenvalue weighted by Crippen LogP contribution is -2.66. The molecule has 2 unspecified atom stereocenters. The summed E-state index contributed by atoms with van der Waals surface area (Å²) in [6.07, 6.45) is 8.45. The second-order valence-electron chi connectivity index (χ2n) is 17.1. The summed E-state index contributed by atoms with van der Waals surface area (Å²) in [4.78, 5) is 37.8. The number of aliphatic carboxylic acids is 1. The van der Waals surface area contributed by atoms with Crippen LogP contribution in [0.4, 0.5) is 0 Å². The van der Waals surface area contributed by atoms with Crippen molar-refractivity contribution in [3.8, 4) is 0 Å². The van der Waals surface area contributed by atoms with E-state index in [1.54, 1.807) is 13.8 Å². The number of carboxylic acid groups (broad SMARTS) is 1. The maximum absolute atomic E-state index is 13.3. The lowest BCUT2D eigenvalue weighted by molar-refractivity contribution is -0.232. The van der Waals surface area contributed by atoms with Gasteiger partial charge in [0.1, 0.15) is 6.10 Å². The highest BCUT2D eigenvalue weighted by molar-refractivity contribution is 6.01. The molecular weight excluding hydrogens is 514 g/mol. The minimum Gasteiger partial charge on any atom is -0.481 e. The molecular formula is C35H55NO5. The lowest BCUT2D eigenvalue weighted by Gasteiger charge is -2.72. The first kappa shape index (κ1) is 30.8. The molecule has 6 nitrogen and oxygen atoms in total. The van der Waals surface area contributed by atoms with Crippen molar-refractivity contribution < 1.29 is 24.2 Å². The smallest absolute Gasteiger partial charge is 0.309 e. The molecule has 4 saturated carbocycles. The molecule has 5 rings (SSSR count). The van der Waals surface area contributed by atoms with Gasteiger partial charge >= 0.3 is 11.9 Å². The van der Waals surface area contributed by atoms with E-state index in [-0.39, 0.29) is 45.9 Å². The van der Waals surface area contributed by atoms with Crippen molar-refractivity contribution in [3.05, 3.63) is 11.1 Å². The average Bonchev–Trinajstić information content (AvgIpc) is 3.11. The molecule has 5 aliphatic carbocycles. The number of esters is 1. The quantitative estimate of drug-likeness (QED) is 0.342. The largest absolute Gasteiger partial charge is 0.481 e. The summed E-state index contributed by atoms with van der Waals surface area (Å²) in [6.45, 7) is 19.7. The van der Waals surface area contributed by atoms with Crippen molar-refractivity contribution in [2.45, 2.75) is 138 Å². The van der Waals surface area contributed by atoms with Crippen LogP contribution in [0.3, 0.4) is 0 Å². The Kier molecular flexibility index (Phi) is 7.05. The van der Waals surface area contributed by atoms with Crippen LogP contribution >= 0.6 is 0 Å². The molecule has 0 spiro atoms. The molecule has 0 aromatic carbocycles. The second-order valence-corrected chi connectivity index (χ2v) is 17.1. The Bertz CT molecular complexity index is 1180. The fourth-order valence-corrected chi connectivity index (χ4v) is 11.4. The fraction of sp³-hybridized carbons (Fsp3) is 0.857. The predicted octanol–water partition coefficient (Wildman–Crippen LogP) is 7.09. The Morgan fingerprint density at radius 1 is 0.951 bits per heavy atom. The number of fused-ring (bicyclic) bond motifs is 7. The fourth-order valence-electron chi connectivity index (χ4n) is 11.4. The van der Waals surface area contributed by atoms with Gasteiger partial charge in [-0.05, 0) is 116 Å². The first-order chi connectivity index (χ1) is 18.7. The van der Waals surface area contributed by atoms with E-state index in [9.17, 15) is 19.5 Å². The Morgan fingerprint density at radius 3 is 2.22 bits per heavy atom. The number of allylic oxidation sites excluding steroid dienone is 1. The number of ketones is 1. The van der Waals surface area contributed by atoms with Crippen LogP contribution in [0.25, 0.3) is 0 Å². The Labute approximate surface area is 247 Å². The first-order valence-corrected chi connectivity index (χ1v) is 16.2. The number of Topliss-reactive ketones (excluding diaryl/α,β-unsaturated/α-hetero) is 1. The first-order valence-electron chi connectivity index (χ1n) is 16.2. The van der Waals surface area contributed by atoms with Crippen molar-refractivity contribution in [2.75, 3.05) is 0 Å². The average molecular weight is 570 g/mol. The van der Waals surface area contributed by atoms with Gasteiger partial charge in [0.25, 0.3) is 0 Å². The maximum atomic E-state index is 13.3. The van der Waals surface area contributed by atoms with E-state index in [0.717, 1.165) is 56.9 Å². The summed E-state index contributed by atoms with van der Waals surface area (Å²) in [7, 11) is 0. The molecule has 0 aromatic rings. The highest BCUT2D eigenvalue weighted by Gasteiger charge is 2.69. The molecule has 6 heteroatoms. The number of carbonyl (C=O) groups is 3. The van der Waals surface area contributed by atoms with Crippen LogP contribution in [-0.4, -0.2) is 34.5 Å². The van der Waals surface area contributed by atoms with E-state index in [1.807, 2.05) is 0 Å². The molecule has 4 fully saturated rings. The van der Waals surface area contributed by atoms with E-state index in [4.69, 9.17) is 10.5 Å². The minimum absolute atomic E-state index is 0.0999. The van der Waals surface area contributed by atoms with E-state index in [0.29, 0.717) is 24.2 Å². The topological polar surface area (TPSA) is 107 Å². The molecule has 0 bridgehead atoms. The normalized spacial score (nSPS) is 43.6. The van der Waals surface area contributed by atoms with Gasteiger partial charge in [-0.3, -0.25) is 14.4 Å². The van der Waals surface area contributed by atoms with Gasteiger partial charge in [-0.15, -0.1) is 0 Å². The SMILES string of the molecule is CC(C)C1=C2[C@H]3CCC4[C@@]5(C)CC[C@H](OC(=O)CC(C)(C)C(=O)O)C(C)(C)C5CC[C@@]4(C)[C@]3(C)CC[C@@]2(N)CC1=O. The van der Waals surface area contributed by atoms with E-state index in [1.165, 1.54) is 5.57 Å². The number of hydrogen-bond donors (Lipinski definition) is 2. The molecule has 5 aliphatic rings. The van der Waals surface area contributed by atoms with Gasteiger partial charge < -0.3 is 15.6 Å². The number of carbonyl (C=O) groups excluding carboxylic acids is 2. The highest BCUT2D eigenvalue weighted by atomic mass is 16.5. The number of ether oxygens (including phenoxy) is 1. The third kappa shape index (κ3) is 4.23. The number of carboxylic acids is 1. The van der Waals surface area contributed by atoms with Crippen LogP contribution in [0.15, 0.2) is 11.1 Å². The van der Waals surface area contributed by atoms with Crippen LogP contribution < -0.4 is 5.73 Å². The summed E-state index contributed by atoms with van der Waals surface area (Å²) < 4.78 is 6.10. The van der Waals surface area contributed by atoms with Gasteiger partial charge in [0.15, 0.2) is 5.78 Å². The summed E-state index contributed by atoms with van der Waals surface area (Å²) >= 11 is 0. The minimum atomic E-state index is -1.14. The molecule has 0 aliphatic heterocycles. The summed E-state index contributed by atoms with van der Waals surface area (Å²) in [5, 5.41) is 9.51. The van der Waals surface area contributed by atoms with Crippen molar-refractivity contribution in [3.63, 3.8) is 0 Å². The standard InChI is InChI=1S/C35H55NO5/c1-20(2)27-22(37)18-35(36)17-16-33(8)21(28(27)35)10-11-24-32(7)14-13-25(41-26(38)19-30(3,4)29(39)40)31(5,6)23(32)12-15-34(24,33)9/h20-21,23-25H,10-19,36H2,1-9H3,(H,39,40)/t21-,23?,24?,25+,32+,33-,34-,35-/m1/s1. The second kappa shape index (κ2) is 9.40. The highest BCUT2D eigenvalue weighted by Crippen LogP contribution is 2.75. The number of hydrogen-bond acceptors (Lipinski definition) is 5. The maximum Gasteiger partial charge on any atom is 0.309 e. The Hall–Kier alpha value is -1.69. The van der Waals surface area contributed by atoms with Gasteiger partial charge in [0.2, 0.25) is 0 Å². The molecule has 0 aromatic heterocycles. The molecule has 0 saturated heterocycles. The van der Waals surface area contributed by atoms with E-state index in [2.05, 4.69) is 48.5 Å². The van der Waals surface area contributed by atoms with Crippen molar-refractivity contribution in [1.82, 2.24) is 0 Å². The third-order valence-corrected chi connectivity index (χ3v) is 13.9.